The highest BCUT2D eigenvalue weighted by atomic mass is 79.9. The van der Waals surface area contributed by atoms with Gasteiger partial charge in [-0.05, 0) is 31.2 Å². The largest absolute Gasteiger partial charge is 0.488 e. The van der Waals surface area contributed by atoms with Gasteiger partial charge in [-0.15, -0.1) is 0 Å². The Morgan fingerprint density at radius 2 is 2.19 bits per heavy atom. The zero-order chi connectivity index (χ0) is 15.4. The Kier molecular flexibility index (Phi) is 5.01. The fraction of sp³-hybridized carbons (Fsp3) is 0.333. The van der Waals surface area contributed by atoms with Crippen LogP contribution < -0.4 is 4.74 Å². The summed E-state index contributed by atoms with van der Waals surface area (Å²) in [7, 11) is 1.57. The summed E-state index contributed by atoms with van der Waals surface area (Å²) in [5.74, 6) is 0.0743. The average Bonchev–Trinajstić information content (AvgIpc) is 2.45. The molecule has 0 atom stereocenters. The molecule has 0 fully saturated rings. The zero-order valence-electron chi connectivity index (χ0n) is 11.9. The van der Waals surface area contributed by atoms with Crippen LogP contribution in [-0.4, -0.2) is 43.6 Å². The minimum atomic E-state index is -0.422. The molecule has 0 spiro atoms. The van der Waals surface area contributed by atoms with Crippen molar-refractivity contribution in [2.75, 3.05) is 26.8 Å². The number of amides is 1. The van der Waals surface area contributed by atoms with Crippen LogP contribution in [0.15, 0.2) is 28.2 Å². The topological polar surface area (TPSA) is 55.8 Å². The first-order chi connectivity index (χ1) is 10.0. The first-order valence-electron chi connectivity index (χ1n) is 6.55. The molecule has 1 amide bonds. The first-order valence-corrected chi connectivity index (χ1v) is 7.34. The number of ether oxygens (including phenoxy) is 2. The van der Waals surface area contributed by atoms with Gasteiger partial charge in [-0.1, -0.05) is 15.9 Å². The van der Waals surface area contributed by atoms with Gasteiger partial charge in [-0.3, -0.25) is 9.59 Å². The fourth-order valence-electron chi connectivity index (χ4n) is 1.99. The predicted octanol–water partition coefficient (Wildman–Crippen LogP) is 2.25. The second-order valence-electron chi connectivity index (χ2n) is 4.61. The zero-order valence-corrected chi connectivity index (χ0v) is 13.5. The third-order valence-corrected chi connectivity index (χ3v) is 3.47. The standard InChI is InChI=1S/C15H16BrNO4/c1-3-20-14(18)8-17(2)15(19)11-6-10-7-12(16)4-5-13(10)21-9-11/h4-7H,3,8-9H2,1-2H3. The number of hydrogen-bond donors (Lipinski definition) is 0. The maximum Gasteiger partial charge on any atom is 0.325 e. The number of carbonyl (C=O) groups excluding carboxylic acids is 2. The van der Waals surface area contributed by atoms with Crippen molar-refractivity contribution in [3.05, 3.63) is 33.8 Å². The molecular weight excluding hydrogens is 338 g/mol. The number of likely N-dealkylation sites (N-methyl/N-ethyl adjacent to an activating group) is 1. The van der Waals surface area contributed by atoms with E-state index in [2.05, 4.69) is 15.9 Å². The van der Waals surface area contributed by atoms with E-state index in [0.717, 1.165) is 15.8 Å². The Labute approximate surface area is 131 Å². The third-order valence-electron chi connectivity index (χ3n) is 2.98. The summed E-state index contributed by atoms with van der Waals surface area (Å²) >= 11 is 3.38. The molecule has 0 aromatic heterocycles. The lowest BCUT2D eigenvalue weighted by molar-refractivity contribution is -0.147. The Hall–Kier alpha value is -1.82. The normalized spacial score (nSPS) is 12.8. The molecule has 1 aromatic rings. The SMILES string of the molecule is CCOC(=O)CN(C)C(=O)C1=Cc2cc(Br)ccc2OC1. The highest BCUT2D eigenvalue weighted by Gasteiger charge is 2.22. The second-order valence-corrected chi connectivity index (χ2v) is 5.52. The Balaban J connectivity index is 2.11. The van der Waals surface area contributed by atoms with Gasteiger partial charge in [0.15, 0.2) is 0 Å². The van der Waals surface area contributed by atoms with Gasteiger partial charge in [0.25, 0.3) is 5.91 Å². The summed E-state index contributed by atoms with van der Waals surface area (Å²) in [6.07, 6.45) is 1.79. The number of benzene rings is 1. The molecule has 0 bridgehead atoms. The molecule has 0 saturated carbocycles. The third kappa shape index (κ3) is 3.85. The van der Waals surface area contributed by atoms with Gasteiger partial charge >= 0.3 is 5.97 Å². The van der Waals surface area contributed by atoms with Crippen LogP contribution in [-0.2, 0) is 14.3 Å². The molecular formula is C15H16BrNO4. The van der Waals surface area contributed by atoms with Crippen molar-refractivity contribution in [2.45, 2.75) is 6.92 Å². The molecule has 0 radical (unpaired) electrons. The van der Waals surface area contributed by atoms with E-state index in [1.165, 1.54) is 4.90 Å². The molecule has 1 aliphatic heterocycles. The van der Waals surface area contributed by atoms with Crippen molar-refractivity contribution in [3.8, 4) is 5.75 Å². The summed E-state index contributed by atoms with van der Waals surface area (Å²) in [6.45, 7) is 2.15. The lowest BCUT2D eigenvalue weighted by Crippen LogP contribution is -2.35. The van der Waals surface area contributed by atoms with Crippen LogP contribution in [0.3, 0.4) is 0 Å². The summed E-state index contributed by atoms with van der Waals surface area (Å²) in [4.78, 5) is 25.0. The number of rotatable bonds is 4. The number of esters is 1. The van der Waals surface area contributed by atoms with Crippen LogP contribution in [0.5, 0.6) is 5.75 Å². The Morgan fingerprint density at radius 1 is 1.43 bits per heavy atom. The van der Waals surface area contributed by atoms with Crippen molar-refractivity contribution in [2.24, 2.45) is 0 Å². The highest BCUT2D eigenvalue weighted by molar-refractivity contribution is 9.10. The number of carbonyl (C=O) groups is 2. The molecule has 6 heteroatoms. The van der Waals surface area contributed by atoms with Gasteiger partial charge < -0.3 is 14.4 Å². The van der Waals surface area contributed by atoms with Gasteiger partial charge in [0.2, 0.25) is 0 Å². The fourth-order valence-corrected chi connectivity index (χ4v) is 2.37. The van der Waals surface area contributed by atoms with E-state index < -0.39 is 5.97 Å². The molecule has 0 saturated heterocycles. The molecule has 5 nitrogen and oxygen atoms in total. The van der Waals surface area contributed by atoms with Gasteiger partial charge in [0, 0.05) is 17.1 Å². The van der Waals surface area contributed by atoms with Crippen molar-refractivity contribution in [1.29, 1.82) is 0 Å². The number of halogens is 1. The quantitative estimate of drug-likeness (QED) is 0.779. The molecule has 0 aliphatic carbocycles. The summed E-state index contributed by atoms with van der Waals surface area (Å²) in [6, 6.07) is 5.61. The van der Waals surface area contributed by atoms with Gasteiger partial charge in [-0.25, -0.2) is 0 Å². The number of nitrogens with zero attached hydrogens (tertiary/aromatic N) is 1. The summed E-state index contributed by atoms with van der Waals surface area (Å²) in [5.41, 5.74) is 1.34. The summed E-state index contributed by atoms with van der Waals surface area (Å²) in [5, 5.41) is 0. The van der Waals surface area contributed by atoms with Gasteiger partial charge in [-0.2, -0.15) is 0 Å². The lowest BCUT2D eigenvalue weighted by atomic mass is 10.1. The Morgan fingerprint density at radius 3 is 2.90 bits per heavy atom. The second kappa shape index (κ2) is 6.76. The smallest absolute Gasteiger partial charge is 0.325 e. The maximum atomic E-state index is 12.3. The Bertz CT molecular complexity index is 597. The van der Waals surface area contributed by atoms with E-state index in [0.29, 0.717) is 12.2 Å². The van der Waals surface area contributed by atoms with Crippen LogP contribution in [0.1, 0.15) is 12.5 Å². The van der Waals surface area contributed by atoms with E-state index in [-0.39, 0.29) is 19.1 Å². The summed E-state index contributed by atoms with van der Waals surface area (Å²) < 4.78 is 11.3. The average molecular weight is 354 g/mol. The highest BCUT2D eigenvalue weighted by Crippen LogP contribution is 2.29. The molecule has 21 heavy (non-hydrogen) atoms. The van der Waals surface area contributed by atoms with E-state index >= 15 is 0 Å². The molecule has 1 aliphatic rings. The molecule has 2 rings (SSSR count). The van der Waals surface area contributed by atoms with E-state index in [1.807, 2.05) is 18.2 Å². The minimum Gasteiger partial charge on any atom is -0.488 e. The van der Waals surface area contributed by atoms with Crippen LogP contribution in [0.2, 0.25) is 0 Å². The van der Waals surface area contributed by atoms with Crippen molar-refractivity contribution in [3.63, 3.8) is 0 Å². The molecule has 0 N–H and O–H groups in total. The van der Waals surface area contributed by atoms with Gasteiger partial charge in [0.1, 0.15) is 18.9 Å². The monoisotopic (exact) mass is 353 g/mol. The van der Waals surface area contributed by atoms with Crippen LogP contribution in [0.4, 0.5) is 0 Å². The van der Waals surface area contributed by atoms with E-state index in [9.17, 15) is 9.59 Å². The van der Waals surface area contributed by atoms with Crippen LogP contribution in [0, 0.1) is 0 Å². The molecule has 112 valence electrons. The number of hydrogen-bond acceptors (Lipinski definition) is 4. The lowest BCUT2D eigenvalue weighted by Gasteiger charge is -2.22. The van der Waals surface area contributed by atoms with E-state index in [4.69, 9.17) is 9.47 Å². The van der Waals surface area contributed by atoms with Crippen LogP contribution >= 0.6 is 15.9 Å². The van der Waals surface area contributed by atoms with E-state index in [1.54, 1.807) is 20.0 Å². The minimum absolute atomic E-state index is 0.0741. The first kappa shape index (κ1) is 15.6. The molecule has 1 aromatic carbocycles. The van der Waals surface area contributed by atoms with Gasteiger partial charge in [0.05, 0.1) is 12.2 Å². The molecule has 0 unspecified atom stereocenters. The predicted molar refractivity (Wildman–Crippen MR) is 81.9 cm³/mol. The van der Waals surface area contributed by atoms with Crippen LogP contribution in [0.25, 0.3) is 6.08 Å². The maximum absolute atomic E-state index is 12.3. The van der Waals surface area contributed by atoms with Crippen molar-refractivity contribution in [1.82, 2.24) is 4.90 Å². The van der Waals surface area contributed by atoms with Crippen molar-refractivity contribution < 1.29 is 19.1 Å². The molecule has 1 heterocycles. The number of fused-ring (bicyclic) bond motifs is 1. The van der Waals surface area contributed by atoms with Crippen molar-refractivity contribution >= 4 is 33.9 Å².